The molecule has 0 aliphatic carbocycles. The second kappa shape index (κ2) is 7.11. The van der Waals surface area contributed by atoms with E-state index in [9.17, 15) is 18.0 Å². The number of rotatable bonds is 3. The highest BCUT2D eigenvalue weighted by atomic mass is 19.4. The number of likely N-dealkylation sites (N-methyl/N-ethyl adjacent to an activating group) is 1. The molecule has 2 aromatic rings. The number of piperazine rings is 1. The number of esters is 1. The minimum atomic E-state index is -4.53. The van der Waals surface area contributed by atoms with Crippen molar-refractivity contribution >= 4 is 22.6 Å². The van der Waals surface area contributed by atoms with E-state index in [1.165, 1.54) is 12.1 Å². The highest BCUT2D eigenvalue weighted by Crippen LogP contribution is 2.35. The molecule has 1 saturated heterocycles. The number of nitrogens with zero attached hydrogens (tertiary/aromatic N) is 3. The van der Waals surface area contributed by atoms with Crippen LogP contribution in [0.15, 0.2) is 24.3 Å². The van der Waals surface area contributed by atoms with Crippen molar-refractivity contribution in [2.45, 2.75) is 13.1 Å². The molecule has 0 unspecified atom stereocenters. The number of fused-ring (bicyclic) bond motifs is 1. The number of pyridine rings is 1. The van der Waals surface area contributed by atoms with Gasteiger partial charge in [-0.15, -0.1) is 0 Å². The van der Waals surface area contributed by atoms with E-state index < -0.39 is 17.8 Å². The largest absolute Gasteiger partial charge is 0.462 e. The minimum absolute atomic E-state index is 0.210. The summed E-state index contributed by atoms with van der Waals surface area (Å²) < 4.78 is 44.8. The Labute approximate surface area is 149 Å². The van der Waals surface area contributed by atoms with E-state index in [1.807, 2.05) is 11.9 Å². The predicted octanol–water partition coefficient (Wildman–Crippen LogP) is 3.18. The number of hydrogen-bond donors (Lipinski definition) is 0. The summed E-state index contributed by atoms with van der Waals surface area (Å²) in [5.41, 5.74) is 0.0301. The molecule has 140 valence electrons. The Morgan fingerprint density at radius 1 is 1.19 bits per heavy atom. The summed E-state index contributed by atoms with van der Waals surface area (Å²) in [7, 11) is 1.97. The maximum Gasteiger partial charge on any atom is 0.433 e. The van der Waals surface area contributed by atoms with Crippen LogP contribution >= 0.6 is 0 Å². The van der Waals surface area contributed by atoms with E-state index in [1.54, 1.807) is 13.0 Å². The fourth-order valence-corrected chi connectivity index (χ4v) is 3.00. The van der Waals surface area contributed by atoms with Gasteiger partial charge in [-0.1, -0.05) is 0 Å². The number of ether oxygens (including phenoxy) is 1. The molecule has 1 fully saturated rings. The molecule has 0 bridgehead atoms. The number of benzene rings is 1. The lowest BCUT2D eigenvalue weighted by Gasteiger charge is -2.35. The van der Waals surface area contributed by atoms with E-state index >= 15 is 0 Å². The minimum Gasteiger partial charge on any atom is -0.462 e. The van der Waals surface area contributed by atoms with Gasteiger partial charge in [-0.05, 0) is 38.2 Å². The summed E-state index contributed by atoms with van der Waals surface area (Å²) in [6.45, 7) is 4.65. The summed E-state index contributed by atoms with van der Waals surface area (Å²) in [5.74, 6) is -0.501. The fraction of sp³-hybridized carbons (Fsp3) is 0.444. The van der Waals surface area contributed by atoms with E-state index in [-0.39, 0.29) is 12.1 Å². The molecule has 2 heterocycles. The molecule has 1 aromatic carbocycles. The van der Waals surface area contributed by atoms with Crippen LogP contribution in [0.2, 0.25) is 0 Å². The van der Waals surface area contributed by atoms with Crippen molar-refractivity contribution in [1.29, 1.82) is 0 Å². The maximum absolute atomic E-state index is 13.3. The maximum atomic E-state index is 13.3. The number of hydrogen-bond acceptors (Lipinski definition) is 5. The molecule has 0 spiro atoms. The van der Waals surface area contributed by atoms with Crippen LogP contribution in [-0.2, 0) is 10.9 Å². The van der Waals surface area contributed by atoms with Crippen molar-refractivity contribution < 1.29 is 22.7 Å². The Bertz CT molecular complexity index is 815. The molecule has 26 heavy (non-hydrogen) atoms. The van der Waals surface area contributed by atoms with Gasteiger partial charge in [-0.25, -0.2) is 9.78 Å². The molecule has 5 nitrogen and oxygen atoms in total. The van der Waals surface area contributed by atoms with E-state index in [2.05, 4.69) is 9.88 Å². The van der Waals surface area contributed by atoms with Crippen molar-refractivity contribution in [1.82, 2.24) is 9.88 Å². The van der Waals surface area contributed by atoms with Crippen LogP contribution in [-0.4, -0.2) is 55.7 Å². The van der Waals surface area contributed by atoms with Crippen LogP contribution in [0.4, 0.5) is 18.9 Å². The second-order valence-corrected chi connectivity index (χ2v) is 6.27. The molecule has 8 heteroatoms. The third kappa shape index (κ3) is 3.75. The van der Waals surface area contributed by atoms with Crippen molar-refractivity contribution in [3.63, 3.8) is 0 Å². The Kier molecular flexibility index (Phi) is 5.04. The molecular formula is C18H20F3N3O2. The number of carbonyl (C=O) groups excluding carboxylic acids is 1. The molecule has 0 radical (unpaired) electrons. The highest BCUT2D eigenvalue weighted by molar-refractivity contribution is 5.99. The predicted molar refractivity (Wildman–Crippen MR) is 92.4 cm³/mol. The molecule has 3 rings (SSSR count). The number of anilines is 1. The van der Waals surface area contributed by atoms with Gasteiger partial charge in [0.05, 0.1) is 17.7 Å². The van der Waals surface area contributed by atoms with Gasteiger partial charge in [0, 0.05) is 37.3 Å². The standard InChI is InChI=1S/C18H20F3N3O2/c1-3-26-17(25)12-4-5-14-13(10-12)15(11-16(22-14)18(19,20)21)24-8-6-23(2)7-9-24/h4-5,10-11H,3,6-9H2,1-2H3. The Morgan fingerprint density at radius 3 is 2.50 bits per heavy atom. The van der Waals surface area contributed by atoms with Crippen molar-refractivity contribution in [3.8, 4) is 0 Å². The van der Waals surface area contributed by atoms with Gasteiger partial charge < -0.3 is 14.5 Å². The molecule has 1 aliphatic heterocycles. The van der Waals surface area contributed by atoms with E-state index in [4.69, 9.17) is 4.74 Å². The Hall–Kier alpha value is -2.35. The van der Waals surface area contributed by atoms with Gasteiger partial charge in [-0.3, -0.25) is 0 Å². The first kappa shape index (κ1) is 18.4. The monoisotopic (exact) mass is 367 g/mol. The average Bonchev–Trinajstić information content (AvgIpc) is 2.60. The Balaban J connectivity index is 2.13. The SMILES string of the molecule is CCOC(=O)c1ccc2nc(C(F)(F)F)cc(N3CCN(C)CC3)c2c1. The smallest absolute Gasteiger partial charge is 0.433 e. The lowest BCUT2D eigenvalue weighted by atomic mass is 10.1. The molecule has 0 N–H and O–H groups in total. The summed E-state index contributed by atoms with van der Waals surface area (Å²) in [6, 6.07) is 5.52. The van der Waals surface area contributed by atoms with Crippen LogP contribution in [0.25, 0.3) is 10.9 Å². The molecule has 1 aromatic heterocycles. The normalized spacial score (nSPS) is 16.1. The third-order valence-electron chi connectivity index (χ3n) is 4.43. The zero-order valence-electron chi connectivity index (χ0n) is 14.6. The second-order valence-electron chi connectivity index (χ2n) is 6.27. The van der Waals surface area contributed by atoms with Gasteiger partial charge in [0.2, 0.25) is 0 Å². The van der Waals surface area contributed by atoms with E-state index in [0.717, 1.165) is 19.2 Å². The highest BCUT2D eigenvalue weighted by Gasteiger charge is 2.34. The van der Waals surface area contributed by atoms with E-state index in [0.29, 0.717) is 29.7 Å². The van der Waals surface area contributed by atoms with Crippen molar-refractivity contribution in [2.24, 2.45) is 0 Å². The van der Waals surface area contributed by atoms with Gasteiger partial charge >= 0.3 is 12.1 Å². The first-order valence-corrected chi connectivity index (χ1v) is 8.42. The molecule has 1 aliphatic rings. The lowest BCUT2D eigenvalue weighted by Crippen LogP contribution is -2.44. The van der Waals surface area contributed by atoms with Crippen LogP contribution < -0.4 is 4.90 Å². The average molecular weight is 367 g/mol. The molecular weight excluding hydrogens is 347 g/mol. The van der Waals surface area contributed by atoms with Crippen LogP contribution in [0.1, 0.15) is 23.0 Å². The van der Waals surface area contributed by atoms with Gasteiger partial charge in [-0.2, -0.15) is 13.2 Å². The first-order chi connectivity index (χ1) is 12.3. The van der Waals surface area contributed by atoms with Gasteiger partial charge in [0.25, 0.3) is 0 Å². The lowest BCUT2D eigenvalue weighted by molar-refractivity contribution is -0.140. The topological polar surface area (TPSA) is 45.7 Å². The summed E-state index contributed by atoms with van der Waals surface area (Å²) in [6.07, 6.45) is -4.53. The summed E-state index contributed by atoms with van der Waals surface area (Å²) >= 11 is 0. The van der Waals surface area contributed by atoms with Crippen LogP contribution in [0.3, 0.4) is 0 Å². The third-order valence-corrected chi connectivity index (χ3v) is 4.43. The zero-order chi connectivity index (χ0) is 18.9. The first-order valence-electron chi connectivity index (χ1n) is 8.42. The molecule has 0 amide bonds. The number of carbonyl (C=O) groups is 1. The van der Waals surface area contributed by atoms with Gasteiger partial charge in [0.15, 0.2) is 0 Å². The Morgan fingerprint density at radius 2 is 1.88 bits per heavy atom. The fourth-order valence-electron chi connectivity index (χ4n) is 3.00. The number of halogens is 3. The molecule has 0 saturated carbocycles. The summed E-state index contributed by atoms with van der Waals surface area (Å²) in [4.78, 5) is 19.8. The van der Waals surface area contributed by atoms with Crippen molar-refractivity contribution in [2.75, 3.05) is 44.7 Å². The zero-order valence-corrected chi connectivity index (χ0v) is 14.6. The quantitative estimate of drug-likeness (QED) is 0.780. The number of alkyl halides is 3. The van der Waals surface area contributed by atoms with Crippen LogP contribution in [0, 0.1) is 0 Å². The molecule has 0 atom stereocenters. The summed E-state index contributed by atoms with van der Waals surface area (Å²) in [5, 5.41) is 0.521. The number of aromatic nitrogens is 1. The van der Waals surface area contributed by atoms with Crippen molar-refractivity contribution in [3.05, 3.63) is 35.5 Å². The van der Waals surface area contributed by atoms with Crippen LogP contribution in [0.5, 0.6) is 0 Å². The van der Waals surface area contributed by atoms with Gasteiger partial charge in [0.1, 0.15) is 5.69 Å².